The maximum Gasteiger partial charge on any atom is 0.337 e. The minimum atomic E-state index is -3.98. The largest absolute Gasteiger partial charge is 0.478 e. The lowest BCUT2D eigenvalue weighted by Gasteiger charge is -2.29. The summed E-state index contributed by atoms with van der Waals surface area (Å²) in [5.74, 6) is -1.17. The van der Waals surface area contributed by atoms with Crippen LogP contribution in [0.3, 0.4) is 0 Å². The number of carboxylic acids is 1. The van der Waals surface area contributed by atoms with Crippen LogP contribution in [0.5, 0.6) is 5.88 Å². The van der Waals surface area contributed by atoms with Gasteiger partial charge in [-0.1, -0.05) is 23.2 Å². The highest BCUT2D eigenvalue weighted by Gasteiger charge is 2.32. The van der Waals surface area contributed by atoms with E-state index in [-0.39, 0.29) is 45.2 Å². The van der Waals surface area contributed by atoms with Crippen LogP contribution in [0, 0.1) is 0 Å². The van der Waals surface area contributed by atoms with Crippen molar-refractivity contribution in [1.29, 1.82) is 0 Å². The number of aromatic carboxylic acids is 1. The van der Waals surface area contributed by atoms with Gasteiger partial charge in [0.15, 0.2) is 0 Å². The number of nitrogens with zero attached hydrogens (tertiary/aromatic N) is 2. The van der Waals surface area contributed by atoms with E-state index in [0.717, 1.165) is 10.5 Å². The quantitative estimate of drug-likeness (QED) is 0.867. The molecule has 0 radical (unpaired) electrons. The first-order valence-electron chi connectivity index (χ1n) is 6.64. The van der Waals surface area contributed by atoms with Crippen LogP contribution in [-0.4, -0.2) is 37.6 Å². The molecular weight excluding hydrogens is 379 g/mol. The Morgan fingerprint density at radius 1 is 1.25 bits per heavy atom. The highest BCUT2D eigenvalue weighted by Crippen LogP contribution is 2.35. The van der Waals surface area contributed by atoms with E-state index in [0.29, 0.717) is 0 Å². The third kappa shape index (κ3) is 2.88. The van der Waals surface area contributed by atoms with E-state index in [1.54, 1.807) is 0 Å². The molecule has 2 aromatic rings. The molecule has 1 aromatic carbocycles. The summed E-state index contributed by atoms with van der Waals surface area (Å²) in [6.07, 6.45) is 1.11. The summed E-state index contributed by atoms with van der Waals surface area (Å²) in [5.41, 5.74) is -0.0826. The maximum atomic E-state index is 12.9. The van der Waals surface area contributed by atoms with Gasteiger partial charge in [0, 0.05) is 6.20 Å². The zero-order valence-electron chi connectivity index (χ0n) is 11.9. The summed E-state index contributed by atoms with van der Waals surface area (Å²) in [6.45, 7) is 0.104. The lowest BCUT2D eigenvalue weighted by molar-refractivity contribution is 0.0696. The monoisotopic (exact) mass is 388 g/mol. The number of aromatic nitrogens is 1. The van der Waals surface area contributed by atoms with Gasteiger partial charge in [-0.2, -0.15) is 0 Å². The molecule has 0 atom stereocenters. The highest BCUT2D eigenvalue weighted by atomic mass is 35.5. The van der Waals surface area contributed by atoms with E-state index in [1.165, 1.54) is 24.3 Å². The molecule has 24 heavy (non-hydrogen) atoms. The van der Waals surface area contributed by atoms with Gasteiger partial charge in [0.05, 0.1) is 27.0 Å². The van der Waals surface area contributed by atoms with Crippen molar-refractivity contribution >= 4 is 44.9 Å². The van der Waals surface area contributed by atoms with Crippen molar-refractivity contribution in [2.45, 2.75) is 4.90 Å². The van der Waals surface area contributed by atoms with Crippen LogP contribution in [-0.2, 0) is 10.0 Å². The van der Waals surface area contributed by atoms with Gasteiger partial charge in [-0.15, -0.1) is 0 Å². The number of sulfonamides is 1. The first kappa shape index (κ1) is 16.8. The summed E-state index contributed by atoms with van der Waals surface area (Å²) >= 11 is 11.7. The molecule has 10 heteroatoms. The van der Waals surface area contributed by atoms with Crippen LogP contribution in [0.2, 0.25) is 10.0 Å². The van der Waals surface area contributed by atoms with Gasteiger partial charge in [-0.05, 0) is 24.3 Å². The average molecular weight is 389 g/mol. The average Bonchev–Trinajstić information content (AvgIpc) is 2.56. The predicted molar refractivity (Wildman–Crippen MR) is 87.7 cm³/mol. The fourth-order valence-electron chi connectivity index (χ4n) is 2.21. The third-order valence-corrected chi connectivity index (χ3v) is 5.91. The molecule has 0 bridgehead atoms. The molecule has 0 aliphatic carbocycles. The van der Waals surface area contributed by atoms with Crippen LogP contribution < -0.4 is 9.04 Å². The molecule has 126 valence electrons. The van der Waals surface area contributed by atoms with Crippen molar-refractivity contribution < 1.29 is 23.1 Å². The lowest BCUT2D eigenvalue weighted by Crippen LogP contribution is -2.38. The second kappa shape index (κ2) is 6.12. The van der Waals surface area contributed by atoms with Crippen LogP contribution in [0.4, 0.5) is 5.69 Å². The van der Waals surface area contributed by atoms with Crippen molar-refractivity contribution in [3.05, 3.63) is 46.1 Å². The zero-order chi connectivity index (χ0) is 17.5. The summed E-state index contributed by atoms with van der Waals surface area (Å²) in [7, 11) is -3.98. The molecule has 7 nitrogen and oxygen atoms in total. The van der Waals surface area contributed by atoms with Crippen LogP contribution >= 0.6 is 23.2 Å². The van der Waals surface area contributed by atoms with Crippen LogP contribution in [0.1, 0.15) is 10.4 Å². The zero-order valence-corrected chi connectivity index (χ0v) is 14.3. The number of carbonyl (C=O) groups is 1. The molecule has 0 fully saturated rings. The molecule has 2 heterocycles. The van der Waals surface area contributed by atoms with E-state index in [2.05, 4.69) is 4.98 Å². The Bertz CT molecular complexity index is 933. The summed E-state index contributed by atoms with van der Waals surface area (Å²) in [4.78, 5) is 14.9. The second-order valence-corrected chi connectivity index (χ2v) is 7.53. The van der Waals surface area contributed by atoms with Crippen molar-refractivity contribution in [2.24, 2.45) is 0 Å². The van der Waals surface area contributed by atoms with E-state index >= 15 is 0 Å². The molecule has 0 unspecified atom stereocenters. The SMILES string of the molecule is O=C(O)c1cnc2c(c1)N(S(=O)(=O)c1ccc(Cl)c(Cl)c1)CCO2. The fraction of sp³-hybridized carbons (Fsp3) is 0.143. The first-order valence-corrected chi connectivity index (χ1v) is 8.84. The van der Waals surface area contributed by atoms with E-state index < -0.39 is 16.0 Å². The molecule has 1 aliphatic rings. The van der Waals surface area contributed by atoms with Gasteiger partial charge in [0.25, 0.3) is 10.0 Å². The van der Waals surface area contributed by atoms with Crippen molar-refractivity contribution in [3.8, 4) is 5.88 Å². The number of halogens is 2. The van der Waals surface area contributed by atoms with Gasteiger partial charge in [-0.25, -0.2) is 18.2 Å². The maximum absolute atomic E-state index is 12.9. The summed E-state index contributed by atoms with van der Waals surface area (Å²) < 4.78 is 32.1. The minimum Gasteiger partial charge on any atom is -0.478 e. The Labute approximate surface area is 147 Å². The molecular formula is C14H10Cl2N2O5S. The van der Waals surface area contributed by atoms with Gasteiger partial charge in [-0.3, -0.25) is 4.31 Å². The Hall–Kier alpha value is -2.03. The van der Waals surface area contributed by atoms with Crippen LogP contribution in [0.15, 0.2) is 35.4 Å². The lowest BCUT2D eigenvalue weighted by atomic mass is 10.2. The van der Waals surface area contributed by atoms with Gasteiger partial charge in [0.2, 0.25) is 5.88 Å². The Kier molecular flexibility index (Phi) is 4.29. The standard InChI is InChI=1S/C14H10Cl2N2O5S/c15-10-2-1-9(6-11(10)16)24(21,22)18-3-4-23-13-12(18)5-8(7-17-13)14(19)20/h1-2,5-7H,3-4H2,(H,19,20). The van der Waals surface area contributed by atoms with Crippen LogP contribution in [0.25, 0.3) is 0 Å². The van der Waals surface area contributed by atoms with E-state index in [1.807, 2.05) is 0 Å². The number of fused-ring (bicyclic) bond motifs is 1. The van der Waals surface area contributed by atoms with Crippen molar-refractivity contribution in [2.75, 3.05) is 17.5 Å². The Balaban J connectivity index is 2.12. The first-order chi connectivity index (χ1) is 11.3. The Morgan fingerprint density at radius 2 is 2.00 bits per heavy atom. The van der Waals surface area contributed by atoms with Gasteiger partial charge >= 0.3 is 5.97 Å². The smallest absolute Gasteiger partial charge is 0.337 e. The number of hydrogen-bond acceptors (Lipinski definition) is 5. The molecule has 0 saturated heterocycles. The molecule has 3 rings (SSSR count). The number of anilines is 1. The second-order valence-electron chi connectivity index (χ2n) is 4.85. The normalized spacial score (nSPS) is 14.0. The molecule has 1 aliphatic heterocycles. The molecule has 0 saturated carbocycles. The number of benzene rings is 1. The van der Waals surface area contributed by atoms with E-state index in [4.69, 9.17) is 33.0 Å². The number of hydrogen-bond donors (Lipinski definition) is 1. The number of carboxylic acid groups (broad SMARTS) is 1. The summed E-state index contributed by atoms with van der Waals surface area (Å²) in [5, 5.41) is 9.41. The predicted octanol–water partition coefficient (Wildman–Crippen LogP) is 2.67. The van der Waals surface area contributed by atoms with Gasteiger partial charge in [0.1, 0.15) is 12.3 Å². The minimum absolute atomic E-state index is 0.0142. The summed E-state index contributed by atoms with van der Waals surface area (Å²) in [6, 6.07) is 5.15. The molecule has 1 N–H and O–H groups in total. The molecule has 0 amide bonds. The topological polar surface area (TPSA) is 96.8 Å². The number of rotatable bonds is 3. The third-order valence-electron chi connectivity index (χ3n) is 3.36. The van der Waals surface area contributed by atoms with Crippen molar-refractivity contribution in [1.82, 2.24) is 4.98 Å². The van der Waals surface area contributed by atoms with E-state index in [9.17, 15) is 13.2 Å². The Morgan fingerprint density at radius 3 is 2.67 bits per heavy atom. The van der Waals surface area contributed by atoms with Crippen molar-refractivity contribution in [3.63, 3.8) is 0 Å². The molecule has 0 spiro atoms. The highest BCUT2D eigenvalue weighted by molar-refractivity contribution is 7.92. The van der Waals surface area contributed by atoms with Gasteiger partial charge < -0.3 is 9.84 Å². The number of pyridine rings is 1. The number of ether oxygens (including phenoxy) is 1. The molecule has 1 aromatic heterocycles. The fourth-order valence-corrected chi connectivity index (χ4v) is 4.04.